The van der Waals surface area contributed by atoms with Gasteiger partial charge < -0.3 is 19.7 Å². The molecule has 0 aliphatic heterocycles. The number of aliphatic hydroxyl groups excluding tert-OH is 2. The van der Waals surface area contributed by atoms with Gasteiger partial charge in [-0.15, -0.1) is 0 Å². The molecule has 0 bridgehead atoms. The third-order valence-corrected chi connectivity index (χ3v) is 5.93. The number of hydrogen-bond acceptors (Lipinski definition) is 4. The smallest absolute Gasteiger partial charge is 0.118 e. The van der Waals surface area contributed by atoms with Gasteiger partial charge in [0, 0.05) is 12.0 Å². The van der Waals surface area contributed by atoms with Crippen molar-refractivity contribution in [3.8, 4) is 5.75 Å². The van der Waals surface area contributed by atoms with Gasteiger partial charge in [0.05, 0.1) is 26.9 Å². The Morgan fingerprint density at radius 3 is 2.62 bits per heavy atom. The van der Waals surface area contributed by atoms with E-state index in [1.807, 2.05) is 24.3 Å². The maximum Gasteiger partial charge on any atom is 0.118 e. The lowest BCUT2D eigenvalue weighted by molar-refractivity contribution is -0.0378. The van der Waals surface area contributed by atoms with Crippen LogP contribution < -0.4 is 4.74 Å². The van der Waals surface area contributed by atoms with Crippen molar-refractivity contribution in [3.63, 3.8) is 0 Å². The van der Waals surface area contributed by atoms with Gasteiger partial charge in [-0.25, -0.2) is 0 Å². The van der Waals surface area contributed by atoms with E-state index in [4.69, 9.17) is 9.47 Å². The molecule has 132 valence electrons. The van der Waals surface area contributed by atoms with Crippen LogP contribution in [0.25, 0.3) is 0 Å². The highest BCUT2D eigenvalue weighted by molar-refractivity contribution is 5.28. The summed E-state index contributed by atoms with van der Waals surface area (Å²) in [5.41, 5.74) is 2.18. The second kappa shape index (κ2) is 7.68. The van der Waals surface area contributed by atoms with Gasteiger partial charge in [0.2, 0.25) is 0 Å². The van der Waals surface area contributed by atoms with Crippen LogP contribution in [-0.2, 0) is 11.3 Å². The third-order valence-electron chi connectivity index (χ3n) is 5.93. The average molecular weight is 332 g/mol. The topological polar surface area (TPSA) is 58.9 Å². The van der Waals surface area contributed by atoms with E-state index in [1.54, 1.807) is 7.11 Å². The van der Waals surface area contributed by atoms with Crippen molar-refractivity contribution in [2.75, 3.05) is 26.9 Å². The summed E-state index contributed by atoms with van der Waals surface area (Å²) in [5.74, 6) is 1.25. The number of methoxy groups -OCH3 is 1. The second-order valence-electron chi connectivity index (χ2n) is 7.00. The van der Waals surface area contributed by atoms with Crippen molar-refractivity contribution in [2.45, 2.75) is 32.3 Å². The van der Waals surface area contributed by atoms with Gasteiger partial charge in [-0.05, 0) is 55.2 Å². The SMILES string of the molecule is COc1ccc(COC[C@H]2CC=C3CCC[C@H](CO)[C@]32CO)cc1. The van der Waals surface area contributed by atoms with Crippen LogP contribution in [0.4, 0.5) is 0 Å². The van der Waals surface area contributed by atoms with Crippen LogP contribution in [0.15, 0.2) is 35.9 Å². The van der Waals surface area contributed by atoms with Gasteiger partial charge in [0.25, 0.3) is 0 Å². The summed E-state index contributed by atoms with van der Waals surface area (Å²) in [6.07, 6.45) is 6.36. The van der Waals surface area contributed by atoms with E-state index in [9.17, 15) is 10.2 Å². The van der Waals surface area contributed by atoms with E-state index in [-0.39, 0.29) is 30.5 Å². The largest absolute Gasteiger partial charge is 0.497 e. The number of aliphatic hydroxyl groups is 2. The molecule has 2 aliphatic carbocycles. The molecule has 24 heavy (non-hydrogen) atoms. The highest BCUT2D eigenvalue weighted by Crippen LogP contribution is 2.55. The van der Waals surface area contributed by atoms with Crippen LogP contribution in [0.3, 0.4) is 0 Å². The van der Waals surface area contributed by atoms with Gasteiger partial charge in [0.15, 0.2) is 0 Å². The first-order chi connectivity index (χ1) is 11.7. The summed E-state index contributed by atoms with van der Waals surface area (Å²) < 4.78 is 11.1. The molecule has 0 radical (unpaired) electrons. The molecule has 1 aromatic carbocycles. The molecule has 2 aliphatic rings. The predicted octanol–water partition coefficient (Wildman–Crippen LogP) is 2.93. The highest BCUT2D eigenvalue weighted by Gasteiger charge is 2.51. The van der Waals surface area contributed by atoms with Crippen LogP contribution >= 0.6 is 0 Å². The Balaban J connectivity index is 1.62. The number of hydrogen-bond donors (Lipinski definition) is 2. The minimum Gasteiger partial charge on any atom is -0.497 e. The standard InChI is InChI=1S/C20H28O4/c1-23-19-9-5-15(6-10-19)12-24-13-18-8-7-16-3-2-4-17(11-21)20(16,18)14-22/h5-7,9-10,17-18,21-22H,2-4,8,11-14H2,1H3/t17-,18-,20+/m1/s1. The maximum absolute atomic E-state index is 10.2. The number of ether oxygens (including phenoxy) is 2. The molecule has 2 N–H and O–H groups in total. The van der Waals surface area contributed by atoms with Crippen molar-refractivity contribution in [3.05, 3.63) is 41.5 Å². The first kappa shape index (κ1) is 17.5. The fraction of sp³-hybridized carbons (Fsp3) is 0.600. The summed E-state index contributed by atoms with van der Waals surface area (Å²) in [4.78, 5) is 0. The maximum atomic E-state index is 10.2. The third kappa shape index (κ3) is 3.10. The van der Waals surface area contributed by atoms with Crippen LogP contribution in [0.5, 0.6) is 5.75 Å². The summed E-state index contributed by atoms with van der Waals surface area (Å²) in [6, 6.07) is 7.89. The summed E-state index contributed by atoms with van der Waals surface area (Å²) >= 11 is 0. The molecule has 0 aromatic heterocycles. The Labute approximate surface area is 144 Å². The predicted molar refractivity (Wildman–Crippen MR) is 92.8 cm³/mol. The van der Waals surface area contributed by atoms with Crippen molar-refractivity contribution in [2.24, 2.45) is 17.3 Å². The zero-order valence-electron chi connectivity index (χ0n) is 14.4. The average Bonchev–Trinajstić information content (AvgIpc) is 3.01. The zero-order valence-corrected chi connectivity index (χ0v) is 14.4. The Hall–Kier alpha value is -1.36. The number of allylic oxidation sites excluding steroid dienone is 1. The fourth-order valence-corrected chi connectivity index (χ4v) is 4.55. The van der Waals surface area contributed by atoms with Crippen molar-refractivity contribution in [1.29, 1.82) is 0 Å². The van der Waals surface area contributed by atoms with E-state index in [2.05, 4.69) is 6.08 Å². The Morgan fingerprint density at radius 1 is 1.17 bits per heavy atom. The fourth-order valence-electron chi connectivity index (χ4n) is 4.55. The lowest BCUT2D eigenvalue weighted by Gasteiger charge is -2.46. The minimum absolute atomic E-state index is 0.112. The Bertz CT molecular complexity index is 566. The second-order valence-corrected chi connectivity index (χ2v) is 7.00. The molecule has 3 rings (SSSR count). The first-order valence-corrected chi connectivity index (χ1v) is 8.86. The molecule has 0 spiro atoms. The number of benzene rings is 1. The monoisotopic (exact) mass is 332 g/mol. The van der Waals surface area contributed by atoms with Crippen LogP contribution in [-0.4, -0.2) is 37.1 Å². The van der Waals surface area contributed by atoms with Gasteiger partial charge in [-0.1, -0.05) is 23.8 Å². The Morgan fingerprint density at radius 2 is 1.96 bits per heavy atom. The van der Waals surface area contributed by atoms with Crippen molar-refractivity contribution < 1.29 is 19.7 Å². The normalized spacial score (nSPS) is 29.2. The molecule has 0 unspecified atom stereocenters. The van der Waals surface area contributed by atoms with Crippen LogP contribution in [0.1, 0.15) is 31.2 Å². The minimum atomic E-state index is -0.271. The van der Waals surface area contributed by atoms with Gasteiger partial charge >= 0.3 is 0 Å². The number of rotatable bonds is 7. The zero-order chi connectivity index (χ0) is 17.0. The molecular formula is C20H28O4. The van der Waals surface area contributed by atoms with E-state index >= 15 is 0 Å². The van der Waals surface area contributed by atoms with E-state index in [0.29, 0.717) is 13.2 Å². The van der Waals surface area contributed by atoms with Crippen molar-refractivity contribution >= 4 is 0 Å². The van der Waals surface area contributed by atoms with Crippen LogP contribution in [0.2, 0.25) is 0 Å². The van der Waals surface area contributed by atoms with Gasteiger partial charge in [-0.2, -0.15) is 0 Å². The molecule has 4 heteroatoms. The first-order valence-electron chi connectivity index (χ1n) is 8.86. The molecule has 1 saturated carbocycles. The molecule has 0 heterocycles. The molecule has 0 saturated heterocycles. The summed E-state index contributed by atoms with van der Waals surface area (Å²) in [5, 5.41) is 20.0. The van der Waals surface area contributed by atoms with Gasteiger partial charge in [0.1, 0.15) is 5.75 Å². The molecule has 4 nitrogen and oxygen atoms in total. The van der Waals surface area contributed by atoms with Gasteiger partial charge in [-0.3, -0.25) is 0 Å². The molecule has 1 aromatic rings. The summed E-state index contributed by atoms with van der Waals surface area (Å²) in [7, 11) is 1.66. The van der Waals surface area contributed by atoms with Crippen molar-refractivity contribution in [1.82, 2.24) is 0 Å². The van der Waals surface area contributed by atoms with Crippen LogP contribution in [0, 0.1) is 17.3 Å². The molecular weight excluding hydrogens is 304 g/mol. The lowest BCUT2D eigenvalue weighted by Crippen LogP contribution is -2.45. The molecule has 0 amide bonds. The summed E-state index contributed by atoms with van der Waals surface area (Å²) in [6.45, 7) is 1.43. The van der Waals surface area contributed by atoms with E-state index < -0.39 is 0 Å². The lowest BCUT2D eigenvalue weighted by atomic mass is 9.60. The van der Waals surface area contributed by atoms with E-state index in [0.717, 1.165) is 37.0 Å². The number of fused-ring (bicyclic) bond motifs is 1. The Kier molecular flexibility index (Phi) is 5.59. The highest BCUT2D eigenvalue weighted by atomic mass is 16.5. The quantitative estimate of drug-likeness (QED) is 0.754. The van der Waals surface area contributed by atoms with E-state index in [1.165, 1.54) is 5.57 Å². The molecule has 3 atom stereocenters. The molecule has 1 fully saturated rings.